The Hall–Kier alpha value is -0.396. The maximum absolute atomic E-state index is 12.5. The molecule has 1 rings (SSSR count). The van der Waals surface area contributed by atoms with Gasteiger partial charge in [0.2, 0.25) is 0 Å². The number of hydrogen-bond donors (Lipinski definition) is 0. The van der Waals surface area contributed by atoms with E-state index in [4.69, 9.17) is 9.47 Å². The molecule has 1 heterocycles. The highest BCUT2D eigenvalue weighted by molar-refractivity contribution is 6.78. The molecule has 0 aliphatic carbocycles. The van der Waals surface area contributed by atoms with Gasteiger partial charge in [0.25, 0.3) is 0 Å². The number of rotatable bonds is 7. The molecule has 0 aromatic heterocycles. The molecule has 0 spiro atoms. The van der Waals surface area contributed by atoms with Crippen molar-refractivity contribution in [1.29, 1.82) is 0 Å². The van der Waals surface area contributed by atoms with Gasteiger partial charge in [-0.15, -0.1) is 0 Å². The lowest BCUT2D eigenvalue weighted by molar-refractivity contribution is -0.207. The summed E-state index contributed by atoms with van der Waals surface area (Å²) in [5.74, 6) is -0.189. The second kappa shape index (κ2) is 8.45. The Labute approximate surface area is 139 Å². The highest BCUT2D eigenvalue weighted by Gasteiger charge is 2.49. The quantitative estimate of drug-likeness (QED) is 0.295. The van der Waals surface area contributed by atoms with E-state index in [1.54, 1.807) is 0 Å². The molecule has 0 amide bonds. The van der Waals surface area contributed by atoms with Crippen LogP contribution in [0.5, 0.6) is 0 Å². The first-order valence-corrected chi connectivity index (χ1v) is 15.3. The van der Waals surface area contributed by atoms with Crippen molar-refractivity contribution >= 4 is 22.8 Å². The highest BCUT2D eigenvalue weighted by atomic mass is 28.3. The minimum absolute atomic E-state index is 0.189. The van der Waals surface area contributed by atoms with Crippen LogP contribution in [0.15, 0.2) is 11.6 Å². The van der Waals surface area contributed by atoms with Crippen LogP contribution in [0.4, 0.5) is 0 Å². The minimum atomic E-state index is -1.76. The van der Waals surface area contributed by atoms with Crippen molar-refractivity contribution in [2.24, 2.45) is 0 Å². The van der Waals surface area contributed by atoms with Crippen molar-refractivity contribution in [3.05, 3.63) is 11.6 Å². The second-order valence-corrected chi connectivity index (χ2v) is 16.5. The van der Waals surface area contributed by atoms with Crippen LogP contribution >= 0.6 is 0 Å². The van der Waals surface area contributed by atoms with Gasteiger partial charge in [0, 0.05) is 20.8 Å². The zero-order chi connectivity index (χ0) is 16.8. The predicted octanol–water partition coefficient (Wildman–Crippen LogP) is 4.52. The molecule has 0 aromatic carbocycles. The summed E-state index contributed by atoms with van der Waals surface area (Å²) in [6.07, 6.45) is 7.20. The SMILES string of the molecule is CC(=CCCC[SiH](C)C)C(=O)OC1([Si](C)(C)C)CCCCO1. The van der Waals surface area contributed by atoms with Crippen LogP contribution in [0.2, 0.25) is 38.8 Å². The van der Waals surface area contributed by atoms with Crippen LogP contribution in [-0.2, 0) is 14.3 Å². The fraction of sp³-hybridized carbons (Fsp3) is 0.824. The van der Waals surface area contributed by atoms with Crippen LogP contribution in [-0.4, -0.2) is 34.9 Å². The summed E-state index contributed by atoms with van der Waals surface area (Å²) >= 11 is 0. The maximum Gasteiger partial charge on any atom is 0.335 e. The van der Waals surface area contributed by atoms with E-state index in [2.05, 4.69) is 32.7 Å². The lowest BCUT2D eigenvalue weighted by Crippen LogP contribution is -2.58. The molecule has 1 atom stereocenters. The number of carbonyl (C=O) groups is 1. The maximum atomic E-state index is 12.5. The summed E-state index contributed by atoms with van der Waals surface area (Å²) in [5.41, 5.74) is 0.0969. The molecular formula is C17H34O3Si2. The van der Waals surface area contributed by atoms with E-state index in [1.165, 1.54) is 12.5 Å². The molecule has 0 aromatic rings. The molecule has 1 aliphatic heterocycles. The molecular weight excluding hydrogens is 308 g/mol. The molecule has 128 valence electrons. The molecule has 1 aliphatic rings. The molecule has 0 radical (unpaired) electrons. The van der Waals surface area contributed by atoms with E-state index in [0.29, 0.717) is 6.61 Å². The van der Waals surface area contributed by atoms with Crippen LogP contribution in [0.1, 0.15) is 39.0 Å². The summed E-state index contributed by atoms with van der Waals surface area (Å²) < 4.78 is 11.9. The molecule has 0 N–H and O–H groups in total. The van der Waals surface area contributed by atoms with Gasteiger partial charge in [-0.05, 0) is 26.2 Å². The first-order chi connectivity index (χ1) is 10.2. The van der Waals surface area contributed by atoms with Gasteiger partial charge in [0.05, 0.1) is 6.61 Å². The lowest BCUT2D eigenvalue weighted by atomic mass is 10.2. The summed E-state index contributed by atoms with van der Waals surface area (Å²) in [6.45, 7) is 14.0. The zero-order valence-corrected chi connectivity index (χ0v) is 17.5. The van der Waals surface area contributed by atoms with Gasteiger partial charge in [-0.1, -0.05) is 51.3 Å². The smallest absolute Gasteiger partial charge is 0.335 e. The second-order valence-electron chi connectivity index (χ2n) is 7.91. The van der Waals surface area contributed by atoms with Gasteiger partial charge in [0.1, 0.15) is 8.07 Å². The molecule has 22 heavy (non-hydrogen) atoms. The van der Waals surface area contributed by atoms with Crippen LogP contribution in [0.3, 0.4) is 0 Å². The van der Waals surface area contributed by atoms with E-state index in [9.17, 15) is 4.79 Å². The fourth-order valence-corrected chi connectivity index (χ4v) is 5.67. The first-order valence-electron chi connectivity index (χ1n) is 8.72. The third-order valence-corrected chi connectivity index (χ3v) is 8.74. The number of carbonyl (C=O) groups excluding carboxylic acids is 1. The van der Waals surface area contributed by atoms with Gasteiger partial charge in [0.15, 0.2) is 5.41 Å². The Morgan fingerprint density at radius 1 is 1.32 bits per heavy atom. The predicted molar refractivity (Wildman–Crippen MR) is 98.6 cm³/mol. The van der Waals surface area contributed by atoms with E-state index < -0.39 is 22.3 Å². The molecule has 3 nitrogen and oxygen atoms in total. The highest BCUT2D eigenvalue weighted by Crippen LogP contribution is 2.35. The largest absolute Gasteiger partial charge is 0.434 e. The molecule has 1 fully saturated rings. The third kappa shape index (κ3) is 5.67. The van der Waals surface area contributed by atoms with E-state index in [1.807, 2.05) is 13.0 Å². The van der Waals surface area contributed by atoms with Crippen LogP contribution in [0, 0.1) is 0 Å². The van der Waals surface area contributed by atoms with Crippen molar-refractivity contribution in [2.75, 3.05) is 6.61 Å². The minimum Gasteiger partial charge on any atom is -0.434 e. The van der Waals surface area contributed by atoms with E-state index in [-0.39, 0.29) is 5.97 Å². The van der Waals surface area contributed by atoms with Crippen LogP contribution in [0.25, 0.3) is 0 Å². The summed E-state index contributed by atoms with van der Waals surface area (Å²) in [7, 11) is -2.24. The van der Waals surface area contributed by atoms with Gasteiger partial charge in [-0.3, -0.25) is 0 Å². The first kappa shape index (κ1) is 19.7. The Bertz CT molecular complexity index is 391. The van der Waals surface area contributed by atoms with Crippen LogP contribution < -0.4 is 0 Å². The van der Waals surface area contributed by atoms with Crippen molar-refractivity contribution in [3.8, 4) is 0 Å². The normalized spacial score (nSPS) is 23.7. The van der Waals surface area contributed by atoms with Crippen molar-refractivity contribution in [3.63, 3.8) is 0 Å². The number of unbranched alkanes of at least 4 members (excludes halogenated alkanes) is 1. The molecule has 0 bridgehead atoms. The molecule has 1 unspecified atom stereocenters. The van der Waals surface area contributed by atoms with Crippen molar-refractivity contribution < 1.29 is 14.3 Å². The summed E-state index contributed by atoms with van der Waals surface area (Å²) in [6, 6.07) is 1.33. The van der Waals surface area contributed by atoms with Crippen molar-refractivity contribution in [1.82, 2.24) is 0 Å². The zero-order valence-electron chi connectivity index (χ0n) is 15.3. The Morgan fingerprint density at radius 3 is 2.50 bits per heavy atom. The van der Waals surface area contributed by atoms with Gasteiger partial charge in [-0.2, -0.15) is 0 Å². The monoisotopic (exact) mass is 342 g/mol. The molecule has 5 heteroatoms. The summed E-state index contributed by atoms with van der Waals surface area (Å²) in [5, 5.41) is 0. The third-order valence-electron chi connectivity index (χ3n) is 4.39. The Morgan fingerprint density at radius 2 is 2.00 bits per heavy atom. The Kier molecular flexibility index (Phi) is 7.55. The molecule has 1 saturated heterocycles. The van der Waals surface area contributed by atoms with E-state index in [0.717, 1.165) is 31.3 Å². The van der Waals surface area contributed by atoms with E-state index >= 15 is 0 Å². The average Bonchev–Trinajstić information content (AvgIpc) is 2.43. The fourth-order valence-electron chi connectivity index (χ4n) is 2.75. The number of esters is 1. The standard InChI is InChI=1S/C17H34O3Si2/c1-15(11-7-10-14-21(2)3)16(18)20-17(22(4,5)6)12-8-9-13-19-17/h11,21H,7-10,12-14H2,1-6H3. The average molecular weight is 343 g/mol. The topological polar surface area (TPSA) is 35.5 Å². The molecule has 0 saturated carbocycles. The number of allylic oxidation sites excluding steroid dienone is 1. The Balaban J connectivity index is 2.65. The lowest BCUT2D eigenvalue weighted by Gasteiger charge is -2.44. The van der Waals surface area contributed by atoms with Gasteiger partial charge < -0.3 is 9.47 Å². The van der Waals surface area contributed by atoms with Gasteiger partial charge in [-0.25, -0.2) is 4.79 Å². The number of ether oxygens (including phenoxy) is 2. The number of hydrogen-bond acceptors (Lipinski definition) is 3. The summed E-state index contributed by atoms with van der Waals surface area (Å²) in [4.78, 5) is 12.5. The van der Waals surface area contributed by atoms with Crippen molar-refractivity contribution in [2.45, 2.75) is 83.2 Å². The van der Waals surface area contributed by atoms with Gasteiger partial charge >= 0.3 is 5.97 Å².